The molecular formula is C9H13N3O3. The lowest BCUT2D eigenvalue weighted by Crippen LogP contribution is -2.33. The maximum atomic E-state index is 11.4. The third kappa shape index (κ3) is 2.10. The summed E-state index contributed by atoms with van der Waals surface area (Å²) in [5, 5.41) is 0. The van der Waals surface area contributed by atoms with E-state index in [0.29, 0.717) is 6.54 Å². The van der Waals surface area contributed by atoms with Crippen molar-refractivity contribution in [2.75, 3.05) is 12.3 Å². The second kappa shape index (κ2) is 3.90. The summed E-state index contributed by atoms with van der Waals surface area (Å²) in [5.41, 5.74) is 4.49. The standard InChI is InChI=1S/C9H13N3O3/c10-7-5-12(9(14)11-8(7)13)4-6-2-1-3-15-6/h5-6H,1-4,10H2,(H,11,13,14)/t6-/m1/s1. The molecule has 1 atom stereocenters. The number of nitrogen functional groups attached to an aromatic ring is 1. The molecule has 0 unspecified atom stereocenters. The quantitative estimate of drug-likeness (QED) is 0.676. The van der Waals surface area contributed by atoms with E-state index in [0.717, 1.165) is 19.4 Å². The van der Waals surface area contributed by atoms with Crippen molar-refractivity contribution in [3.05, 3.63) is 27.0 Å². The molecule has 3 N–H and O–H groups in total. The second-order valence-electron chi connectivity index (χ2n) is 3.63. The van der Waals surface area contributed by atoms with Gasteiger partial charge in [0.25, 0.3) is 5.56 Å². The number of aromatic amines is 1. The normalized spacial score (nSPS) is 20.7. The van der Waals surface area contributed by atoms with Gasteiger partial charge in [-0.3, -0.25) is 14.3 Å². The van der Waals surface area contributed by atoms with Gasteiger partial charge in [0.15, 0.2) is 0 Å². The van der Waals surface area contributed by atoms with E-state index in [1.54, 1.807) is 0 Å². The van der Waals surface area contributed by atoms with Crippen LogP contribution >= 0.6 is 0 Å². The Labute approximate surface area is 85.7 Å². The van der Waals surface area contributed by atoms with Crippen LogP contribution in [-0.2, 0) is 11.3 Å². The number of hydrogen-bond acceptors (Lipinski definition) is 4. The van der Waals surface area contributed by atoms with Crippen LogP contribution < -0.4 is 17.0 Å². The highest BCUT2D eigenvalue weighted by atomic mass is 16.5. The van der Waals surface area contributed by atoms with E-state index >= 15 is 0 Å². The van der Waals surface area contributed by atoms with Crippen LogP contribution in [0, 0.1) is 0 Å². The van der Waals surface area contributed by atoms with E-state index in [4.69, 9.17) is 10.5 Å². The minimum atomic E-state index is -0.538. The average Bonchev–Trinajstić information content (AvgIpc) is 2.67. The van der Waals surface area contributed by atoms with Crippen LogP contribution in [0.1, 0.15) is 12.8 Å². The Kier molecular flexibility index (Phi) is 2.59. The molecule has 1 aromatic rings. The van der Waals surface area contributed by atoms with Crippen LogP contribution in [0.25, 0.3) is 0 Å². The van der Waals surface area contributed by atoms with Crippen molar-refractivity contribution >= 4 is 5.69 Å². The molecule has 82 valence electrons. The molecule has 1 aliphatic heterocycles. The Hall–Kier alpha value is -1.56. The van der Waals surface area contributed by atoms with Crippen molar-refractivity contribution in [1.82, 2.24) is 9.55 Å². The predicted molar refractivity (Wildman–Crippen MR) is 54.7 cm³/mol. The maximum absolute atomic E-state index is 11.4. The highest BCUT2D eigenvalue weighted by Gasteiger charge is 2.16. The van der Waals surface area contributed by atoms with E-state index in [1.807, 2.05) is 0 Å². The van der Waals surface area contributed by atoms with E-state index in [9.17, 15) is 9.59 Å². The lowest BCUT2D eigenvalue weighted by Gasteiger charge is -2.11. The fourth-order valence-electron chi connectivity index (χ4n) is 1.67. The molecule has 2 heterocycles. The van der Waals surface area contributed by atoms with Crippen molar-refractivity contribution in [3.63, 3.8) is 0 Å². The SMILES string of the molecule is Nc1cn(C[C@H]2CCCO2)c(=O)[nH]c1=O. The van der Waals surface area contributed by atoms with E-state index in [1.165, 1.54) is 10.8 Å². The Bertz CT molecular complexity index is 456. The molecule has 0 amide bonds. The molecular weight excluding hydrogens is 198 g/mol. The molecule has 6 heteroatoms. The molecule has 1 fully saturated rings. The minimum Gasteiger partial charge on any atom is -0.393 e. The summed E-state index contributed by atoms with van der Waals surface area (Å²) < 4.78 is 6.77. The van der Waals surface area contributed by atoms with Gasteiger partial charge in [-0.25, -0.2) is 4.79 Å². The number of rotatable bonds is 2. The molecule has 15 heavy (non-hydrogen) atoms. The molecule has 0 radical (unpaired) electrons. The largest absolute Gasteiger partial charge is 0.393 e. The Balaban J connectivity index is 2.24. The Morgan fingerprint density at radius 1 is 1.60 bits per heavy atom. The topological polar surface area (TPSA) is 90.1 Å². The van der Waals surface area contributed by atoms with Crippen LogP contribution in [0.2, 0.25) is 0 Å². The number of nitrogens with zero attached hydrogens (tertiary/aromatic N) is 1. The van der Waals surface area contributed by atoms with Gasteiger partial charge in [-0.05, 0) is 12.8 Å². The summed E-state index contributed by atoms with van der Waals surface area (Å²) in [4.78, 5) is 24.5. The number of H-pyrrole nitrogens is 1. The van der Waals surface area contributed by atoms with Crippen molar-refractivity contribution in [2.24, 2.45) is 0 Å². The molecule has 6 nitrogen and oxygen atoms in total. The zero-order chi connectivity index (χ0) is 10.8. The molecule has 0 aromatic carbocycles. The van der Waals surface area contributed by atoms with Gasteiger partial charge in [0, 0.05) is 12.8 Å². The van der Waals surface area contributed by atoms with Gasteiger partial charge in [-0.2, -0.15) is 0 Å². The maximum Gasteiger partial charge on any atom is 0.328 e. The fourth-order valence-corrected chi connectivity index (χ4v) is 1.67. The first-order valence-electron chi connectivity index (χ1n) is 4.87. The second-order valence-corrected chi connectivity index (χ2v) is 3.63. The highest BCUT2D eigenvalue weighted by Crippen LogP contribution is 2.12. The summed E-state index contributed by atoms with van der Waals surface area (Å²) in [5.74, 6) is 0. The predicted octanol–water partition coefficient (Wildman–Crippen LogP) is -0.702. The van der Waals surface area contributed by atoms with Gasteiger partial charge in [-0.1, -0.05) is 0 Å². The van der Waals surface area contributed by atoms with E-state index < -0.39 is 11.2 Å². The van der Waals surface area contributed by atoms with Gasteiger partial charge in [0.1, 0.15) is 5.69 Å². The fraction of sp³-hybridized carbons (Fsp3) is 0.556. The van der Waals surface area contributed by atoms with Gasteiger partial charge < -0.3 is 10.5 Å². The zero-order valence-electron chi connectivity index (χ0n) is 8.23. The van der Waals surface area contributed by atoms with Crippen LogP contribution in [0.4, 0.5) is 5.69 Å². The van der Waals surface area contributed by atoms with Crippen LogP contribution in [0.5, 0.6) is 0 Å². The number of nitrogens with one attached hydrogen (secondary N) is 1. The molecule has 1 aliphatic rings. The van der Waals surface area contributed by atoms with Gasteiger partial charge in [0.2, 0.25) is 0 Å². The molecule has 0 saturated carbocycles. The van der Waals surface area contributed by atoms with Crippen molar-refractivity contribution in [3.8, 4) is 0 Å². The number of nitrogens with two attached hydrogens (primary N) is 1. The summed E-state index contributed by atoms with van der Waals surface area (Å²) in [7, 11) is 0. The van der Waals surface area contributed by atoms with Crippen LogP contribution in [0.3, 0.4) is 0 Å². The Morgan fingerprint density at radius 3 is 3.07 bits per heavy atom. The van der Waals surface area contributed by atoms with E-state index in [2.05, 4.69) is 4.98 Å². The summed E-state index contributed by atoms with van der Waals surface area (Å²) in [6.45, 7) is 1.18. The molecule has 2 rings (SSSR count). The number of hydrogen-bond donors (Lipinski definition) is 2. The van der Waals surface area contributed by atoms with Crippen LogP contribution in [0.15, 0.2) is 15.8 Å². The number of ether oxygens (including phenoxy) is 1. The lowest BCUT2D eigenvalue weighted by molar-refractivity contribution is 0.0958. The molecule has 1 saturated heterocycles. The van der Waals surface area contributed by atoms with Crippen molar-refractivity contribution < 1.29 is 4.74 Å². The van der Waals surface area contributed by atoms with Gasteiger partial charge in [-0.15, -0.1) is 0 Å². The summed E-state index contributed by atoms with van der Waals surface area (Å²) >= 11 is 0. The third-order valence-electron chi connectivity index (χ3n) is 2.46. The monoisotopic (exact) mass is 211 g/mol. The first kappa shape index (κ1) is 9.97. The van der Waals surface area contributed by atoms with Crippen molar-refractivity contribution in [2.45, 2.75) is 25.5 Å². The molecule has 0 spiro atoms. The summed E-state index contributed by atoms with van der Waals surface area (Å²) in [6.07, 6.45) is 3.36. The van der Waals surface area contributed by atoms with Crippen molar-refractivity contribution in [1.29, 1.82) is 0 Å². The number of anilines is 1. The van der Waals surface area contributed by atoms with Crippen LogP contribution in [-0.4, -0.2) is 22.3 Å². The van der Waals surface area contributed by atoms with Gasteiger partial charge in [0.05, 0.1) is 12.6 Å². The Morgan fingerprint density at radius 2 is 2.40 bits per heavy atom. The van der Waals surface area contributed by atoms with Gasteiger partial charge >= 0.3 is 5.69 Å². The molecule has 0 bridgehead atoms. The zero-order valence-corrected chi connectivity index (χ0v) is 8.23. The first-order chi connectivity index (χ1) is 7.16. The highest BCUT2D eigenvalue weighted by molar-refractivity contribution is 5.30. The summed E-state index contributed by atoms with van der Waals surface area (Å²) in [6, 6.07) is 0. The third-order valence-corrected chi connectivity index (χ3v) is 2.46. The molecule has 1 aromatic heterocycles. The minimum absolute atomic E-state index is 0.0487. The van der Waals surface area contributed by atoms with E-state index in [-0.39, 0.29) is 11.8 Å². The molecule has 0 aliphatic carbocycles. The number of aromatic nitrogens is 2. The first-order valence-corrected chi connectivity index (χ1v) is 4.87. The average molecular weight is 211 g/mol. The smallest absolute Gasteiger partial charge is 0.328 e. The lowest BCUT2D eigenvalue weighted by atomic mass is 10.2.